The van der Waals surface area contributed by atoms with Crippen molar-refractivity contribution >= 4 is 29.1 Å². The lowest BCUT2D eigenvalue weighted by atomic mass is 10.1. The van der Waals surface area contributed by atoms with Gasteiger partial charge in [-0.1, -0.05) is 41.9 Å². The molecule has 0 saturated heterocycles. The molecular formula is C15H10ClNO3. The van der Waals surface area contributed by atoms with E-state index in [9.17, 15) is 14.9 Å². The van der Waals surface area contributed by atoms with Crippen molar-refractivity contribution in [2.45, 2.75) is 0 Å². The standard InChI is InChI=1S/C15H10ClNO3/c16-13-7-4-11(5-8-13)6-9-15(18)12-2-1-3-14(10-12)17(19)20/h1-10H. The Bertz CT molecular complexity index is 678. The Morgan fingerprint density at radius 3 is 2.50 bits per heavy atom. The van der Waals surface area contributed by atoms with Crippen molar-refractivity contribution in [3.05, 3.63) is 80.9 Å². The van der Waals surface area contributed by atoms with Crippen LogP contribution < -0.4 is 0 Å². The maximum absolute atomic E-state index is 11.9. The monoisotopic (exact) mass is 287 g/mol. The first-order chi connectivity index (χ1) is 9.56. The SMILES string of the molecule is O=C(C=Cc1ccc(Cl)cc1)c1cccc([N+](=O)[O-])c1. The van der Waals surface area contributed by atoms with Crippen LogP contribution in [-0.2, 0) is 0 Å². The topological polar surface area (TPSA) is 60.2 Å². The van der Waals surface area contributed by atoms with Gasteiger partial charge in [0.05, 0.1) is 4.92 Å². The van der Waals surface area contributed by atoms with Gasteiger partial charge >= 0.3 is 0 Å². The number of halogens is 1. The molecule has 0 bridgehead atoms. The van der Waals surface area contributed by atoms with E-state index in [1.165, 1.54) is 24.3 Å². The second kappa shape index (κ2) is 6.12. The predicted octanol–water partition coefficient (Wildman–Crippen LogP) is 4.14. The first-order valence-corrected chi connectivity index (χ1v) is 6.16. The van der Waals surface area contributed by atoms with Gasteiger partial charge in [-0.2, -0.15) is 0 Å². The predicted molar refractivity (Wildman–Crippen MR) is 77.9 cm³/mol. The van der Waals surface area contributed by atoms with E-state index in [0.717, 1.165) is 5.56 Å². The molecule has 0 aliphatic carbocycles. The zero-order valence-electron chi connectivity index (χ0n) is 10.3. The molecule has 0 aromatic heterocycles. The number of hydrogen-bond donors (Lipinski definition) is 0. The lowest BCUT2D eigenvalue weighted by molar-refractivity contribution is -0.384. The molecule has 0 atom stereocenters. The highest BCUT2D eigenvalue weighted by Crippen LogP contribution is 2.15. The summed E-state index contributed by atoms with van der Waals surface area (Å²) in [5.74, 6) is -0.288. The summed E-state index contributed by atoms with van der Waals surface area (Å²) in [5, 5.41) is 11.3. The van der Waals surface area contributed by atoms with Crippen LogP contribution >= 0.6 is 11.6 Å². The highest BCUT2D eigenvalue weighted by Gasteiger charge is 2.09. The maximum Gasteiger partial charge on any atom is 0.270 e. The quantitative estimate of drug-likeness (QED) is 0.367. The number of rotatable bonds is 4. The van der Waals surface area contributed by atoms with E-state index in [1.54, 1.807) is 36.4 Å². The summed E-state index contributed by atoms with van der Waals surface area (Å²) in [5.41, 5.74) is 1.01. The average Bonchev–Trinajstić information content (AvgIpc) is 2.46. The fourth-order valence-corrected chi connectivity index (χ4v) is 1.74. The van der Waals surface area contributed by atoms with Crippen LogP contribution in [0, 0.1) is 10.1 Å². The number of nitro groups is 1. The summed E-state index contributed by atoms with van der Waals surface area (Å²) in [6, 6.07) is 12.6. The second-order valence-corrected chi connectivity index (χ2v) is 4.49. The molecule has 0 aliphatic heterocycles. The van der Waals surface area contributed by atoms with Crippen LogP contribution in [0.25, 0.3) is 6.08 Å². The van der Waals surface area contributed by atoms with Gasteiger partial charge < -0.3 is 0 Å². The molecule has 20 heavy (non-hydrogen) atoms. The molecule has 0 saturated carbocycles. The minimum atomic E-state index is -0.528. The Morgan fingerprint density at radius 2 is 1.85 bits per heavy atom. The van der Waals surface area contributed by atoms with E-state index in [-0.39, 0.29) is 17.0 Å². The number of carbonyl (C=O) groups is 1. The third kappa shape index (κ3) is 3.52. The van der Waals surface area contributed by atoms with Gasteiger partial charge in [0.25, 0.3) is 5.69 Å². The van der Waals surface area contributed by atoms with E-state index in [1.807, 2.05) is 0 Å². The van der Waals surface area contributed by atoms with E-state index in [4.69, 9.17) is 11.6 Å². The fraction of sp³-hybridized carbons (Fsp3) is 0. The Kier molecular flexibility index (Phi) is 4.27. The summed E-state index contributed by atoms with van der Waals surface area (Å²) in [4.78, 5) is 22.0. The van der Waals surface area contributed by atoms with E-state index in [0.29, 0.717) is 5.02 Å². The molecule has 0 spiro atoms. The molecule has 0 radical (unpaired) electrons. The number of hydrogen-bond acceptors (Lipinski definition) is 3. The van der Waals surface area contributed by atoms with Gasteiger partial charge in [0, 0.05) is 22.7 Å². The molecule has 2 rings (SSSR count). The van der Waals surface area contributed by atoms with E-state index >= 15 is 0 Å². The van der Waals surface area contributed by atoms with Crippen molar-refractivity contribution in [3.63, 3.8) is 0 Å². The normalized spacial score (nSPS) is 10.7. The summed E-state index contributed by atoms with van der Waals surface area (Å²) in [6.45, 7) is 0. The van der Waals surface area contributed by atoms with Gasteiger partial charge in [-0.05, 0) is 23.8 Å². The molecule has 0 N–H and O–H groups in total. The number of nitro benzene ring substituents is 1. The molecule has 0 heterocycles. The van der Waals surface area contributed by atoms with Crippen LogP contribution in [0.1, 0.15) is 15.9 Å². The Labute approximate surface area is 120 Å². The molecule has 2 aromatic carbocycles. The summed E-state index contributed by atoms with van der Waals surface area (Å²) < 4.78 is 0. The zero-order chi connectivity index (χ0) is 14.5. The van der Waals surface area contributed by atoms with Crippen LogP contribution in [0.2, 0.25) is 5.02 Å². The molecule has 0 fully saturated rings. The van der Waals surface area contributed by atoms with Crippen molar-refractivity contribution in [3.8, 4) is 0 Å². The summed E-state index contributed by atoms with van der Waals surface area (Å²) in [6.07, 6.45) is 3.01. The number of allylic oxidation sites excluding steroid dienone is 1. The first kappa shape index (κ1) is 14.0. The van der Waals surface area contributed by atoms with Crippen LogP contribution in [0.15, 0.2) is 54.6 Å². The number of carbonyl (C=O) groups excluding carboxylic acids is 1. The molecule has 4 nitrogen and oxygen atoms in total. The second-order valence-electron chi connectivity index (χ2n) is 4.06. The van der Waals surface area contributed by atoms with Crippen molar-refractivity contribution in [2.24, 2.45) is 0 Å². The number of ketones is 1. The minimum absolute atomic E-state index is 0.101. The molecule has 0 aliphatic rings. The molecule has 100 valence electrons. The Hall–Kier alpha value is -2.46. The lowest BCUT2D eigenvalue weighted by Gasteiger charge is -1.97. The third-order valence-corrected chi connectivity index (χ3v) is 2.89. The largest absolute Gasteiger partial charge is 0.289 e. The smallest absolute Gasteiger partial charge is 0.270 e. The van der Waals surface area contributed by atoms with Gasteiger partial charge in [-0.15, -0.1) is 0 Å². The molecule has 0 amide bonds. The number of non-ortho nitro benzene ring substituents is 1. The Morgan fingerprint density at radius 1 is 1.15 bits per heavy atom. The minimum Gasteiger partial charge on any atom is -0.289 e. The average molecular weight is 288 g/mol. The number of benzene rings is 2. The van der Waals surface area contributed by atoms with Gasteiger partial charge in [-0.25, -0.2) is 0 Å². The first-order valence-electron chi connectivity index (χ1n) is 5.79. The van der Waals surface area contributed by atoms with Crippen LogP contribution in [0.3, 0.4) is 0 Å². The van der Waals surface area contributed by atoms with E-state index < -0.39 is 4.92 Å². The van der Waals surface area contributed by atoms with Gasteiger partial charge in [-0.3, -0.25) is 14.9 Å². The van der Waals surface area contributed by atoms with Gasteiger partial charge in [0.1, 0.15) is 0 Å². The number of nitrogens with zero attached hydrogens (tertiary/aromatic N) is 1. The lowest BCUT2D eigenvalue weighted by Crippen LogP contribution is -1.96. The Balaban J connectivity index is 2.17. The highest BCUT2D eigenvalue weighted by molar-refractivity contribution is 6.30. The fourth-order valence-electron chi connectivity index (χ4n) is 1.61. The van der Waals surface area contributed by atoms with Gasteiger partial charge in [0.2, 0.25) is 0 Å². The van der Waals surface area contributed by atoms with Crippen LogP contribution in [0.5, 0.6) is 0 Å². The van der Waals surface area contributed by atoms with Crippen LogP contribution in [0.4, 0.5) is 5.69 Å². The summed E-state index contributed by atoms with van der Waals surface area (Å²) in [7, 11) is 0. The molecule has 2 aromatic rings. The molecule has 5 heteroatoms. The van der Waals surface area contributed by atoms with Crippen molar-refractivity contribution < 1.29 is 9.72 Å². The summed E-state index contributed by atoms with van der Waals surface area (Å²) >= 11 is 5.76. The highest BCUT2D eigenvalue weighted by atomic mass is 35.5. The van der Waals surface area contributed by atoms with Crippen molar-refractivity contribution in [1.82, 2.24) is 0 Å². The maximum atomic E-state index is 11.9. The zero-order valence-corrected chi connectivity index (χ0v) is 11.1. The molecule has 0 unspecified atom stereocenters. The van der Waals surface area contributed by atoms with Crippen molar-refractivity contribution in [1.29, 1.82) is 0 Å². The third-order valence-electron chi connectivity index (χ3n) is 2.64. The van der Waals surface area contributed by atoms with Crippen LogP contribution in [-0.4, -0.2) is 10.7 Å². The van der Waals surface area contributed by atoms with Crippen molar-refractivity contribution in [2.75, 3.05) is 0 Å². The van der Waals surface area contributed by atoms with Gasteiger partial charge in [0.15, 0.2) is 5.78 Å². The molecular weight excluding hydrogens is 278 g/mol. The van der Waals surface area contributed by atoms with E-state index in [2.05, 4.69) is 0 Å².